The Kier molecular flexibility index (Phi) is 3.83. The normalized spacial score (nSPS) is 22.4. The van der Waals surface area contributed by atoms with Crippen molar-refractivity contribution in [2.75, 3.05) is 29.1 Å². The van der Waals surface area contributed by atoms with E-state index in [9.17, 15) is 4.79 Å². The fourth-order valence-corrected chi connectivity index (χ4v) is 4.11. The molecule has 7 heteroatoms. The summed E-state index contributed by atoms with van der Waals surface area (Å²) >= 11 is 3.28. The van der Waals surface area contributed by atoms with Crippen LogP contribution >= 0.6 is 23.3 Å². The zero-order valence-electron chi connectivity index (χ0n) is 10.6. The molecule has 0 radical (unpaired) electrons. The van der Waals surface area contributed by atoms with Crippen LogP contribution in [0.1, 0.15) is 29.6 Å². The highest BCUT2D eigenvalue weighted by Crippen LogP contribution is 2.30. The number of nitrogens with two attached hydrogens (primary N) is 1. The van der Waals surface area contributed by atoms with Gasteiger partial charge < -0.3 is 16.4 Å². The number of thioether (sulfide) groups is 1. The Balaban J connectivity index is 1.64. The molecule has 0 bridgehead atoms. The van der Waals surface area contributed by atoms with E-state index in [1.54, 1.807) is 0 Å². The number of hydrogen-bond donors (Lipinski definition) is 3. The number of carbonyl (C=O) groups excluding carboxylic acids is 1. The monoisotopic (exact) mass is 298 g/mol. The van der Waals surface area contributed by atoms with Gasteiger partial charge in [0.2, 0.25) is 0 Å². The first-order valence-corrected chi connectivity index (χ1v) is 8.54. The standard InChI is InChI=1S/C12H18N4OS2/c13-10-9(11(17)15-8-1-2-8)12(19-16-10)14-5-7-3-4-18-6-7/h7-8,14H,1-6H2,(H2,13,16)(H,15,17). The smallest absolute Gasteiger partial charge is 0.258 e. The highest BCUT2D eigenvalue weighted by molar-refractivity contribution is 7.99. The van der Waals surface area contributed by atoms with Crippen LogP contribution in [0.3, 0.4) is 0 Å². The number of hydrogen-bond acceptors (Lipinski definition) is 6. The van der Waals surface area contributed by atoms with Crippen molar-refractivity contribution in [3.05, 3.63) is 5.56 Å². The van der Waals surface area contributed by atoms with E-state index in [1.807, 2.05) is 11.8 Å². The molecule has 2 heterocycles. The number of aromatic nitrogens is 1. The zero-order chi connectivity index (χ0) is 13.2. The van der Waals surface area contributed by atoms with Gasteiger partial charge in [0.15, 0.2) is 5.82 Å². The minimum atomic E-state index is -0.0861. The molecule has 0 spiro atoms. The van der Waals surface area contributed by atoms with Crippen LogP contribution in [-0.2, 0) is 0 Å². The lowest BCUT2D eigenvalue weighted by Crippen LogP contribution is -2.27. The first kappa shape index (κ1) is 13.1. The highest BCUT2D eigenvalue weighted by atomic mass is 32.2. The summed E-state index contributed by atoms with van der Waals surface area (Å²) in [6, 6.07) is 0.339. The summed E-state index contributed by atoms with van der Waals surface area (Å²) in [5.41, 5.74) is 6.35. The van der Waals surface area contributed by atoms with Crippen LogP contribution in [-0.4, -0.2) is 34.4 Å². The van der Waals surface area contributed by atoms with Crippen molar-refractivity contribution in [3.63, 3.8) is 0 Å². The molecule has 1 aromatic rings. The van der Waals surface area contributed by atoms with E-state index in [0.717, 1.165) is 24.4 Å². The lowest BCUT2D eigenvalue weighted by molar-refractivity contribution is 0.0953. The van der Waals surface area contributed by atoms with Crippen molar-refractivity contribution >= 4 is 40.0 Å². The third-order valence-corrected chi connectivity index (χ3v) is 5.48. The maximum absolute atomic E-state index is 12.1. The first-order chi connectivity index (χ1) is 9.24. The Labute approximate surface area is 120 Å². The number of amides is 1. The Morgan fingerprint density at radius 1 is 1.42 bits per heavy atom. The van der Waals surface area contributed by atoms with Crippen molar-refractivity contribution < 1.29 is 4.79 Å². The van der Waals surface area contributed by atoms with Crippen LogP contribution in [0.25, 0.3) is 0 Å². The summed E-state index contributed by atoms with van der Waals surface area (Å²) in [4.78, 5) is 12.1. The number of nitrogens with one attached hydrogen (secondary N) is 2. The second-order valence-electron chi connectivity index (χ2n) is 5.13. The summed E-state index contributed by atoms with van der Waals surface area (Å²) in [5.74, 6) is 3.38. The van der Waals surface area contributed by atoms with Crippen LogP contribution in [0.2, 0.25) is 0 Å². The number of nitrogens with zero attached hydrogens (tertiary/aromatic N) is 1. The minimum Gasteiger partial charge on any atom is -0.382 e. The average molecular weight is 298 g/mol. The van der Waals surface area contributed by atoms with E-state index >= 15 is 0 Å². The Hall–Kier alpha value is -0.950. The Morgan fingerprint density at radius 2 is 2.26 bits per heavy atom. The predicted octanol–water partition coefficient (Wildman–Crippen LogP) is 1.78. The molecule has 1 aromatic heterocycles. The largest absolute Gasteiger partial charge is 0.382 e. The summed E-state index contributed by atoms with van der Waals surface area (Å²) in [5, 5.41) is 7.13. The predicted molar refractivity (Wildman–Crippen MR) is 80.9 cm³/mol. The molecule has 1 amide bonds. The van der Waals surface area contributed by atoms with Crippen molar-refractivity contribution in [2.45, 2.75) is 25.3 Å². The average Bonchev–Trinajstić information content (AvgIpc) is 2.92. The van der Waals surface area contributed by atoms with Gasteiger partial charge in [0.1, 0.15) is 10.6 Å². The van der Waals surface area contributed by atoms with Gasteiger partial charge in [-0.1, -0.05) is 0 Å². The minimum absolute atomic E-state index is 0.0861. The van der Waals surface area contributed by atoms with Crippen LogP contribution in [0.5, 0.6) is 0 Å². The fraction of sp³-hybridized carbons (Fsp3) is 0.667. The molecule has 104 valence electrons. The highest BCUT2D eigenvalue weighted by Gasteiger charge is 2.27. The van der Waals surface area contributed by atoms with Gasteiger partial charge in [-0.25, -0.2) is 0 Å². The van der Waals surface area contributed by atoms with Gasteiger partial charge in [-0.15, -0.1) is 0 Å². The quantitative estimate of drug-likeness (QED) is 0.772. The molecular weight excluding hydrogens is 280 g/mol. The molecule has 1 saturated heterocycles. The second-order valence-corrected chi connectivity index (χ2v) is 7.05. The lowest BCUT2D eigenvalue weighted by atomic mass is 10.1. The van der Waals surface area contributed by atoms with Crippen LogP contribution in [0.4, 0.5) is 10.8 Å². The van der Waals surface area contributed by atoms with Gasteiger partial charge in [0, 0.05) is 12.6 Å². The number of carbonyl (C=O) groups is 1. The summed E-state index contributed by atoms with van der Waals surface area (Å²) in [7, 11) is 0. The van der Waals surface area contributed by atoms with Gasteiger partial charge in [-0.3, -0.25) is 4.79 Å². The van der Waals surface area contributed by atoms with Crippen molar-refractivity contribution in [3.8, 4) is 0 Å². The molecule has 19 heavy (non-hydrogen) atoms. The summed E-state index contributed by atoms with van der Waals surface area (Å²) < 4.78 is 4.10. The molecule has 1 unspecified atom stereocenters. The van der Waals surface area contributed by atoms with Gasteiger partial charge >= 0.3 is 0 Å². The molecule has 3 rings (SSSR count). The van der Waals surface area contributed by atoms with E-state index in [-0.39, 0.29) is 5.91 Å². The molecule has 2 aliphatic rings. The molecule has 5 nitrogen and oxygen atoms in total. The molecule has 2 fully saturated rings. The summed E-state index contributed by atoms with van der Waals surface area (Å²) in [6.45, 7) is 0.901. The van der Waals surface area contributed by atoms with Gasteiger partial charge in [0.05, 0.1) is 0 Å². The van der Waals surface area contributed by atoms with Gasteiger partial charge in [-0.05, 0) is 48.2 Å². The zero-order valence-corrected chi connectivity index (χ0v) is 12.3. The van der Waals surface area contributed by atoms with Crippen molar-refractivity contribution in [2.24, 2.45) is 5.92 Å². The van der Waals surface area contributed by atoms with Crippen molar-refractivity contribution in [1.82, 2.24) is 9.69 Å². The van der Waals surface area contributed by atoms with E-state index in [0.29, 0.717) is 23.3 Å². The summed E-state index contributed by atoms with van der Waals surface area (Å²) in [6.07, 6.45) is 3.39. The SMILES string of the molecule is Nc1nsc(NCC2CCSC2)c1C(=O)NC1CC1. The molecule has 0 aromatic carbocycles. The van der Waals surface area contributed by atoms with Crippen LogP contribution < -0.4 is 16.4 Å². The van der Waals surface area contributed by atoms with Gasteiger partial charge in [-0.2, -0.15) is 16.1 Å². The van der Waals surface area contributed by atoms with E-state index in [1.165, 1.54) is 29.5 Å². The maximum atomic E-state index is 12.1. The molecule has 4 N–H and O–H groups in total. The maximum Gasteiger partial charge on any atom is 0.258 e. The van der Waals surface area contributed by atoms with Crippen molar-refractivity contribution in [1.29, 1.82) is 0 Å². The lowest BCUT2D eigenvalue weighted by Gasteiger charge is -2.11. The molecule has 1 aliphatic heterocycles. The number of rotatable bonds is 5. The Bertz CT molecular complexity index is 466. The molecule has 1 aliphatic carbocycles. The van der Waals surface area contributed by atoms with E-state index < -0.39 is 0 Å². The second kappa shape index (κ2) is 5.58. The number of nitrogen functional groups attached to an aromatic ring is 1. The third kappa shape index (κ3) is 3.14. The van der Waals surface area contributed by atoms with E-state index in [4.69, 9.17) is 5.73 Å². The number of anilines is 2. The Morgan fingerprint density at radius 3 is 2.95 bits per heavy atom. The molecular formula is C12H18N4OS2. The first-order valence-electron chi connectivity index (χ1n) is 6.61. The topological polar surface area (TPSA) is 80.0 Å². The van der Waals surface area contributed by atoms with Crippen LogP contribution in [0.15, 0.2) is 0 Å². The molecule has 1 atom stereocenters. The fourth-order valence-electron chi connectivity index (χ4n) is 2.11. The van der Waals surface area contributed by atoms with Gasteiger partial charge in [0.25, 0.3) is 5.91 Å². The molecule has 1 saturated carbocycles. The van der Waals surface area contributed by atoms with Crippen LogP contribution in [0, 0.1) is 5.92 Å². The van der Waals surface area contributed by atoms with E-state index in [2.05, 4.69) is 15.0 Å². The third-order valence-electron chi connectivity index (χ3n) is 3.43.